The molecule has 0 aromatic carbocycles. The third kappa shape index (κ3) is 3.15. The van der Waals surface area contributed by atoms with Crippen LogP contribution in [0.2, 0.25) is 0 Å². The van der Waals surface area contributed by atoms with E-state index in [1.165, 1.54) is 11.8 Å². The normalized spacial score (nSPS) is 10.9. The maximum Gasteiger partial charge on any atom is 0.344 e. The molecule has 8 heteroatoms. The quantitative estimate of drug-likeness (QED) is 0.431. The van der Waals surface area contributed by atoms with Crippen LogP contribution in [0.3, 0.4) is 0 Å². The third-order valence-corrected chi connectivity index (χ3v) is 3.55. The van der Waals surface area contributed by atoms with Crippen LogP contribution in [-0.2, 0) is 5.75 Å². The molecule has 102 valence electrons. The Bertz CT molecular complexity index is 605. The second-order valence-corrected chi connectivity index (χ2v) is 5.20. The number of hydrogen-bond acceptors (Lipinski definition) is 6. The molecule has 2 heterocycles. The van der Waals surface area contributed by atoms with Crippen molar-refractivity contribution in [2.24, 2.45) is 5.84 Å². The van der Waals surface area contributed by atoms with Crippen molar-refractivity contribution in [2.45, 2.75) is 30.8 Å². The Morgan fingerprint density at radius 2 is 2.37 bits per heavy atom. The highest BCUT2D eigenvalue weighted by molar-refractivity contribution is 7.98. The maximum atomic E-state index is 11.6. The molecule has 4 N–H and O–H groups in total. The maximum absolute atomic E-state index is 11.6. The molecule has 2 rings (SSSR count). The standard InChI is InChI=1S/C11H16N6OS/c1-7(2)17-10(18)15-16-11(17)19-6-8-3-4-13-9(5-8)14-12/h3-5,7H,6,12H2,1-2H3,(H,13,14)(H,15,18). The van der Waals surface area contributed by atoms with E-state index in [4.69, 9.17) is 5.84 Å². The Morgan fingerprint density at radius 3 is 3.05 bits per heavy atom. The van der Waals surface area contributed by atoms with Crippen LogP contribution < -0.4 is 17.0 Å². The van der Waals surface area contributed by atoms with Gasteiger partial charge in [-0.1, -0.05) is 11.8 Å². The number of aromatic nitrogens is 4. The van der Waals surface area contributed by atoms with E-state index in [1.54, 1.807) is 10.8 Å². The molecule has 0 saturated carbocycles. The highest BCUT2D eigenvalue weighted by Gasteiger charge is 2.11. The second kappa shape index (κ2) is 5.89. The summed E-state index contributed by atoms with van der Waals surface area (Å²) < 4.78 is 1.63. The van der Waals surface area contributed by atoms with E-state index < -0.39 is 0 Å². The fourth-order valence-electron chi connectivity index (χ4n) is 1.64. The lowest BCUT2D eigenvalue weighted by molar-refractivity contribution is 0.534. The van der Waals surface area contributed by atoms with Crippen LogP contribution in [0.25, 0.3) is 0 Å². The zero-order valence-corrected chi connectivity index (χ0v) is 11.6. The molecule has 0 aliphatic carbocycles. The van der Waals surface area contributed by atoms with Gasteiger partial charge in [0.15, 0.2) is 5.16 Å². The molecule has 0 amide bonds. The van der Waals surface area contributed by atoms with Crippen molar-refractivity contribution in [3.8, 4) is 0 Å². The number of H-pyrrole nitrogens is 1. The van der Waals surface area contributed by atoms with E-state index in [9.17, 15) is 4.79 Å². The van der Waals surface area contributed by atoms with Gasteiger partial charge in [0.1, 0.15) is 5.82 Å². The van der Waals surface area contributed by atoms with Gasteiger partial charge in [-0.25, -0.2) is 20.7 Å². The van der Waals surface area contributed by atoms with E-state index in [0.29, 0.717) is 16.7 Å². The predicted molar refractivity (Wildman–Crippen MR) is 74.8 cm³/mol. The summed E-state index contributed by atoms with van der Waals surface area (Å²) in [5, 5.41) is 7.18. The third-order valence-electron chi connectivity index (χ3n) is 2.53. The molecule has 2 aromatic rings. The molecule has 0 unspecified atom stereocenters. The van der Waals surface area contributed by atoms with Crippen LogP contribution in [0.5, 0.6) is 0 Å². The second-order valence-electron chi connectivity index (χ2n) is 4.26. The number of nitrogen functional groups attached to an aromatic ring is 1. The van der Waals surface area contributed by atoms with Crippen LogP contribution in [0.1, 0.15) is 25.5 Å². The number of nitrogens with zero attached hydrogens (tertiary/aromatic N) is 3. The van der Waals surface area contributed by atoms with Gasteiger partial charge >= 0.3 is 5.69 Å². The van der Waals surface area contributed by atoms with Crippen molar-refractivity contribution in [1.29, 1.82) is 0 Å². The number of nitrogens with two attached hydrogens (primary N) is 1. The first-order valence-corrected chi connectivity index (χ1v) is 6.81. The summed E-state index contributed by atoms with van der Waals surface area (Å²) in [5.74, 6) is 6.61. The van der Waals surface area contributed by atoms with E-state index in [0.717, 1.165) is 5.56 Å². The molecule has 7 nitrogen and oxygen atoms in total. The molecule has 0 aliphatic heterocycles. The molecule has 0 atom stereocenters. The number of hydrazine groups is 1. The van der Waals surface area contributed by atoms with E-state index in [2.05, 4.69) is 20.6 Å². The molecule has 2 aromatic heterocycles. The summed E-state index contributed by atoms with van der Waals surface area (Å²) in [5.41, 5.74) is 3.37. The molecule has 0 spiro atoms. The van der Waals surface area contributed by atoms with Gasteiger partial charge in [0.25, 0.3) is 0 Å². The zero-order valence-electron chi connectivity index (χ0n) is 10.8. The first kappa shape index (κ1) is 13.6. The Labute approximate surface area is 114 Å². The van der Waals surface area contributed by atoms with Crippen molar-refractivity contribution in [3.63, 3.8) is 0 Å². The summed E-state index contributed by atoms with van der Waals surface area (Å²) >= 11 is 1.49. The summed E-state index contributed by atoms with van der Waals surface area (Å²) in [4.78, 5) is 15.6. The van der Waals surface area contributed by atoms with Crippen LogP contribution in [0.15, 0.2) is 28.3 Å². The fraction of sp³-hybridized carbons (Fsp3) is 0.364. The minimum absolute atomic E-state index is 0.0764. The van der Waals surface area contributed by atoms with Gasteiger partial charge in [-0.05, 0) is 31.5 Å². The van der Waals surface area contributed by atoms with Gasteiger partial charge in [-0.15, -0.1) is 5.10 Å². The number of nitrogens with one attached hydrogen (secondary N) is 2. The fourth-order valence-corrected chi connectivity index (χ4v) is 2.66. The molecule has 0 fully saturated rings. The molecule has 0 saturated heterocycles. The summed E-state index contributed by atoms with van der Waals surface area (Å²) in [6.07, 6.45) is 1.69. The van der Waals surface area contributed by atoms with Crippen LogP contribution >= 0.6 is 11.8 Å². The SMILES string of the molecule is CC(C)n1c(SCc2ccnc(NN)c2)n[nH]c1=O. The van der Waals surface area contributed by atoms with Crippen molar-refractivity contribution in [3.05, 3.63) is 34.4 Å². The zero-order chi connectivity index (χ0) is 13.8. The molecule has 0 aliphatic rings. The molecular weight excluding hydrogens is 264 g/mol. The predicted octanol–water partition coefficient (Wildman–Crippen LogP) is 1.13. The van der Waals surface area contributed by atoms with Gasteiger partial charge < -0.3 is 5.43 Å². The number of rotatable bonds is 5. The average molecular weight is 280 g/mol. The van der Waals surface area contributed by atoms with Crippen molar-refractivity contribution >= 4 is 17.6 Å². The number of thioether (sulfide) groups is 1. The topological polar surface area (TPSA) is 102 Å². The Balaban J connectivity index is 2.12. The minimum atomic E-state index is -0.184. The van der Waals surface area contributed by atoms with Crippen molar-refractivity contribution in [2.75, 3.05) is 5.43 Å². The smallest absolute Gasteiger partial charge is 0.308 e. The summed E-state index contributed by atoms with van der Waals surface area (Å²) in [6.45, 7) is 3.90. The minimum Gasteiger partial charge on any atom is -0.308 e. The highest BCUT2D eigenvalue weighted by Crippen LogP contribution is 2.22. The molecule has 19 heavy (non-hydrogen) atoms. The number of hydrogen-bond donors (Lipinski definition) is 3. The van der Waals surface area contributed by atoms with Gasteiger partial charge in [0.05, 0.1) is 0 Å². The summed E-state index contributed by atoms with van der Waals surface area (Å²) in [7, 11) is 0. The van der Waals surface area contributed by atoms with E-state index >= 15 is 0 Å². The number of aromatic amines is 1. The van der Waals surface area contributed by atoms with Crippen LogP contribution in [-0.4, -0.2) is 19.7 Å². The van der Waals surface area contributed by atoms with Crippen LogP contribution in [0.4, 0.5) is 5.82 Å². The molecular formula is C11H16N6OS. The monoisotopic (exact) mass is 280 g/mol. The number of anilines is 1. The largest absolute Gasteiger partial charge is 0.344 e. The Morgan fingerprint density at radius 1 is 1.58 bits per heavy atom. The van der Waals surface area contributed by atoms with Crippen molar-refractivity contribution < 1.29 is 0 Å². The average Bonchev–Trinajstić information content (AvgIpc) is 2.78. The number of pyridine rings is 1. The van der Waals surface area contributed by atoms with E-state index in [1.807, 2.05) is 26.0 Å². The van der Waals surface area contributed by atoms with E-state index in [-0.39, 0.29) is 11.7 Å². The molecule has 0 bridgehead atoms. The van der Waals surface area contributed by atoms with Gasteiger partial charge in [0, 0.05) is 18.0 Å². The first-order valence-electron chi connectivity index (χ1n) is 5.83. The van der Waals surface area contributed by atoms with Gasteiger partial charge in [0.2, 0.25) is 0 Å². The lowest BCUT2D eigenvalue weighted by Gasteiger charge is -2.08. The van der Waals surface area contributed by atoms with Gasteiger partial charge in [-0.2, -0.15) is 0 Å². The summed E-state index contributed by atoms with van der Waals surface area (Å²) in [6, 6.07) is 3.84. The van der Waals surface area contributed by atoms with Crippen molar-refractivity contribution in [1.82, 2.24) is 19.7 Å². The first-order chi connectivity index (χ1) is 9.11. The highest BCUT2D eigenvalue weighted by atomic mass is 32.2. The molecule has 0 radical (unpaired) electrons. The Hall–Kier alpha value is -1.80. The lowest BCUT2D eigenvalue weighted by atomic mass is 10.3. The van der Waals surface area contributed by atoms with Gasteiger partial charge in [-0.3, -0.25) is 4.57 Å². The Kier molecular flexibility index (Phi) is 4.23. The lowest BCUT2D eigenvalue weighted by Crippen LogP contribution is -2.19. The van der Waals surface area contributed by atoms with Crippen LogP contribution in [0, 0.1) is 0 Å².